The second-order valence-electron chi connectivity index (χ2n) is 15.9. The second-order valence-corrected chi connectivity index (χ2v) is 16.3. The lowest BCUT2D eigenvalue weighted by molar-refractivity contribution is -0.116. The average Bonchev–Trinajstić information content (AvgIpc) is 3.32. The Balaban J connectivity index is 0.709. The van der Waals surface area contributed by atoms with E-state index in [0.29, 0.717) is 47.7 Å². The average molecular weight is 907 g/mol. The summed E-state index contributed by atoms with van der Waals surface area (Å²) in [5.41, 5.74) is 5.42. The van der Waals surface area contributed by atoms with Crippen LogP contribution in [0, 0.1) is 5.82 Å². The van der Waals surface area contributed by atoms with Crippen molar-refractivity contribution < 1.29 is 37.7 Å². The molecule has 1 aliphatic heterocycles. The topological polar surface area (TPSA) is 138 Å². The highest BCUT2D eigenvalue weighted by Crippen LogP contribution is 2.34. The highest BCUT2D eigenvalue weighted by atomic mass is 35.5. The van der Waals surface area contributed by atoms with Crippen LogP contribution in [-0.4, -0.2) is 47.4 Å². The number of hydrogen-bond acceptors (Lipinski definition) is 10. The maximum Gasteiger partial charge on any atom is 0.299 e. The van der Waals surface area contributed by atoms with Crippen molar-refractivity contribution in [2.45, 2.75) is 58.0 Å². The Morgan fingerprint density at radius 2 is 1.41 bits per heavy atom. The normalized spacial score (nSPS) is 12.2. The molecule has 66 heavy (non-hydrogen) atoms. The fourth-order valence-electron chi connectivity index (χ4n) is 7.74. The number of nitrogens with zero attached hydrogens (tertiary/aromatic N) is 2. The number of aryl methyl sites for hydroxylation is 1. The van der Waals surface area contributed by atoms with Gasteiger partial charge in [-0.25, -0.2) is 14.4 Å². The van der Waals surface area contributed by atoms with E-state index in [1.165, 1.54) is 24.5 Å². The number of aromatic nitrogens is 2. The molecule has 0 spiro atoms. The summed E-state index contributed by atoms with van der Waals surface area (Å²) in [7, 11) is 0. The molecule has 13 heteroatoms. The molecule has 0 radical (unpaired) electrons. The van der Waals surface area contributed by atoms with Crippen molar-refractivity contribution in [2.24, 2.45) is 0 Å². The molecule has 11 nitrogen and oxygen atoms in total. The lowest BCUT2D eigenvalue weighted by Gasteiger charge is -2.18. The number of rotatable bonds is 22. The molecule has 8 rings (SSSR count). The van der Waals surface area contributed by atoms with E-state index >= 15 is 0 Å². The van der Waals surface area contributed by atoms with Crippen molar-refractivity contribution in [3.8, 4) is 34.1 Å². The van der Waals surface area contributed by atoms with Gasteiger partial charge in [0.15, 0.2) is 0 Å². The molecule has 0 unspecified atom stereocenters. The summed E-state index contributed by atoms with van der Waals surface area (Å²) < 4.78 is 37.4. The molecule has 0 saturated carbocycles. The van der Waals surface area contributed by atoms with Gasteiger partial charge in [-0.3, -0.25) is 19.7 Å². The molecule has 0 aliphatic carbocycles. The Kier molecular flexibility index (Phi) is 15.3. The van der Waals surface area contributed by atoms with Crippen LogP contribution < -0.4 is 24.8 Å². The van der Waals surface area contributed by atoms with Gasteiger partial charge in [0.25, 0.3) is 17.6 Å². The van der Waals surface area contributed by atoms with Gasteiger partial charge in [0, 0.05) is 23.2 Å². The van der Waals surface area contributed by atoms with Crippen LogP contribution in [0.1, 0.15) is 76.8 Å². The molecule has 1 aliphatic rings. The van der Waals surface area contributed by atoms with Crippen molar-refractivity contribution in [3.63, 3.8) is 0 Å². The van der Waals surface area contributed by atoms with E-state index in [4.69, 9.17) is 30.5 Å². The first-order valence-corrected chi connectivity index (χ1v) is 22.5. The number of Topliss-reactive ketones (excluding diaryl/α,β-unsaturated/α-hetero) is 1. The third kappa shape index (κ3) is 11.7. The lowest BCUT2D eigenvalue weighted by atomic mass is 9.98. The molecule has 1 aromatic heterocycles. The van der Waals surface area contributed by atoms with Crippen molar-refractivity contribution in [2.75, 3.05) is 25.1 Å². The van der Waals surface area contributed by atoms with Crippen LogP contribution >= 0.6 is 11.6 Å². The Morgan fingerprint density at radius 1 is 0.636 bits per heavy atom. The van der Waals surface area contributed by atoms with Crippen LogP contribution in [-0.2, 0) is 22.6 Å². The van der Waals surface area contributed by atoms with Gasteiger partial charge in [-0.2, -0.15) is 0 Å². The Hall–Kier alpha value is -7.15. The van der Waals surface area contributed by atoms with Gasteiger partial charge in [0.05, 0.1) is 22.7 Å². The van der Waals surface area contributed by atoms with Gasteiger partial charge in [-0.05, 0) is 114 Å². The number of nitrogens with one attached hydrogen (secondary N) is 2. The van der Waals surface area contributed by atoms with E-state index in [1.807, 2.05) is 66.7 Å². The first-order chi connectivity index (χ1) is 32.3. The molecular formula is C53H48ClFN4O7. The van der Waals surface area contributed by atoms with E-state index < -0.39 is 17.6 Å². The number of para-hydroxylation sites is 1. The molecule has 2 amide bonds. The third-order valence-electron chi connectivity index (χ3n) is 11.2. The fourth-order valence-corrected chi connectivity index (χ4v) is 7.97. The van der Waals surface area contributed by atoms with E-state index in [-0.39, 0.29) is 29.3 Å². The quantitative estimate of drug-likeness (QED) is 0.0384. The van der Waals surface area contributed by atoms with E-state index in [2.05, 4.69) is 26.7 Å². The maximum atomic E-state index is 13.6. The number of ketones is 1. The molecule has 0 atom stereocenters. The van der Waals surface area contributed by atoms with Crippen molar-refractivity contribution in [3.05, 3.63) is 167 Å². The first kappa shape index (κ1) is 45.4. The van der Waals surface area contributed by atoms with Crippen LogP contribution in [0.15, 0.2) is 134 Å². The number of hydrogen-bond donors (Lipinski definition) is 2. The fraction of sp³-hybridized carbons (Fsp3) is 0.226. The van der Waals surface area contributed by atoms with Gasteiger partial charge in [0.1, 0.15) is 54.2 Å². The zero-order chi connectivity index (χ0) is 45.7. The maximum absolute atomic E-state index is 13.6. The number of halogens is 2. The molecular weight excluding hydrogens is 859 g/mol. The monoisotopic (exact) mass is 906 g/mol. The first-order valence-electron chi connectivity index (χ1n) is 22.1. The van der Waals surface area contributed by atoms with E-state index in [1.54, 1.807) is 36.4 Å². The zero-order valence-corrected chi connectivity index (χ0v) is 37.0. The number of benzene rings is 6. The summed E-state index contributed by atoms with van der Waals surface area (Å²) in [4.78, 5) is 45.6. The predicted octanol–water partition coefficient (Wildman–Crippen LogP) is 12.0. The van der Waals surface area contributed by atoms with Gasteiger partial charge in [-0.1, -0.05) is 98.3 Å². The van der Waals surface area contributed by atoms with Gasteiger partial charge in [0.2, 0.25) is 0 Å². The number of ether oxygens (including phenoxy) is 4. The number of carbonyl (C=O) groups excluding carboxylic acids is 3. The summed E-state index contributed by atoms with van der Waals surface area (Å²) in [6, 6.07) is 38.1. The predicted molar refractivity (Wildman–Crippen MR) is 253 cm³/mol. The van der Waals surface area contributed by atoms with Crippen LogP contribution in [0.4, 0.5) is 15.9 Å². The summed E-state index contributed by atoms with van der Waals surface area (Å²) in [6.45, 7) is 1.87. The SMILES string of the molecule is O=C1NC(=O)c2c(Oc3ccccc3CCCCCCCCCOCCOc3ccc(-c4ccc5ncnc(Nc6ccc(OCc7cccc(F)c7)c(Cl)c6)c5c4)cc3)cccc2C1=O. The number of carbonyl (C=O) groups is 3. The van der Waals surface area contributed by atoms with Crippen LogP contribution in [0.5, 0.6) is 23.0 Å². The highest BCUT2D eigenvalue weighted by molar-refractivity contribution is 6.49. The minimum absolute atomic E-state index is 0.0555. The number of fused-ring (bicyclic) bond motifs is 2. The van der Waals surface area contributed by atoms with Gasteiger partial charge < -0.3 is 24.3 Å². The molecule has 0 fully saturated rings. The smallest absolute Gasteiger partial charge is 0.299 e. The summed E-state index contributed by atoms with van der Waals surface area (Å²) in [5, 5.41) is 6.72. The largest absolute Gasteiger partial charge is 0.491 e. The number of unbranched alkanes of at least 4 members (excludes halogenated alkanes) is 6. The Morgan fingerprint density at radius 3 is 2.24 bits per heavy atom. The minimum Gasteiger partial charge on any atom is -0.491 e. The van der Waals surface area contributed by atoms with Crippen LogP contribution in [0.25, 0.3) is 22.0 Å². The highest BCUT2D eigenvalue weighted by Gasteiger charge is 2.33. The summed E-state index contributed by atoms with van der Waals surface area (Å²) in [5.74, 6) is 0.146. The van der Waals surface area contributed by atoms with Crippen LogP contribution in [0.2, 0.25) is 5.02 Å². The Labute approximate surface area is 387 Å². The number of imide groups is 1. The molecule has 7 aromatic rings. The van der Waals surface area contributed by atoms with Crippen molar-refractivity contribution >= 4 is 51.6 Å². The summed E-state index contributed by atoms with van der Waals surface area (Å²) >= 11 is 6.56. The zero-order valence-electron chi connectivity index (χ0n) is 36.2. The number of anilines is 2. The molecule has 6 aromatic carbocycles. The van der Waals surface area contributed by atoms with E-state index in [0.717, 1.165) is 90.4 Å². The summed E-state index contributed by atoms with van der Waals surface area (Å²) in [6.07, 6.45) is 9.98. The van der Waals surface area contributed by atoms with E-state index in [9.17, 15) is 18.8 Å². The third-order valence-corrected chi connectivity index (χ3v) is 11.5. The second kappa shape index (κ2) is 22.2. The minimum atomic E-state index is -0.928. The molecule has 0 saturated heterocycles. The van der Waals surface area contributed by atoms with Gasteiger partial charge >= 0.3 is 0 Å². The van der Waals surface area contributed by atoms with Crippen molar-refractivity contribution in [1.29, 1.82) is 0 Å². The molecule has 2 heterocycles. The van der Waals surface area contributed by atoms with Crippen LogP contribution in [0.3, 0.4) is 0 Å². The van der Waals surface area contributed by atoms with Crippen molar-refractivity contribution in [1.82, 2.24) is 15.3 Å². The standard InChI is InChI=1S/C53H48ClFN4O7/c54-44-32-40(22-26-47(44)65-33-35-12-10-15-39(55)30-35)58-51-43-31-38(21-25-45(43)56-34-57-51)36-19-23-41(24-20-36)64-29-28-63-27-9-5-3-1-2-4-6-13-37-14-7-8-17-46(37)66-48-18-11-16-42-49(48)52(61)59-53(62)50(42)60/h7-8,10-12,14-26,30-32,34H,1-6,9,13,27-29,33H2,(H,56,57,58)(H,59,61,62). The van der Waals surface area contributed by atoms with Gasteiger partial charge in [-0.15, -0.1) is 0 Å². The number of amides is 2. The Bertz CT molecular complexity index is 2840. The molecule has 2 N–H and O–H groups in total. The molecule has 336 valence electrons. The molecule has 0 bridgehead atoms. The lowest BCUT2D eigenvalue weighted by Crippen LogP contribution is -2.42.